The van der Waals surface area contributed by atoms with Crippen LogP contribution in [-0.4, -0.2) is 27.4 Å². The van der Waals surface area contributed by atoms with Gasteiger partial charge in [-0.15, -0.1) is 0 Å². The predicted octanol–water partition coefficient (Wildman–Crippen LogP) is 3.69. The third kappa shape index (κ3) is 4.23. The number of amides is 2. The summed E-state index contributed by atoms with van der Waals surface area (Å²) in [6, 6.07) is 10.1. The van der Waals surface area contributed by atoms with Crippen LogP contribution in [0.15, 0.2) is 36.4 Å². The van der Waals surface area contributed by atoms with Crippen LogP contribution in [0.4, 0.5) is 10.5 Å². The van der Waals surface area contributed by atoms with Gasteiger partial charge in [-0.2, -0.15) is 0 Å². The van der Waals surface area contributed by atoms with Gasteiger partial charge in [0.05, 0.1) is 26.4 Å². The Hall–Kier alpha value is -2.60. The molecule has 0 spiro atoms. The largest absolute Gasteiger partial charge is 0.495 e. The van der Waals surface area contributed by atoms with Crippen molar-refractivity contribution in [1.29, 1.82) is 0 Å². The maximum atomic E-state index is 12.0. The summed E-state index contributed by atoms with van der Waals surface area (Å²) in [7, 11) is 4.65. The normalized spacial score (nSPS) is 10.0. The zero-order valence-corrected chi connectivity index (χ0v) is 14.4. The first-order valence-corrected chi connectivity index (χ1v) is 7.55. The van der Waals surface area contributed by atoms with Gasteiger partial charge in [-0.05, 0) is 24.3 Å². The highest BCUT2D eigenvalue weighted by atomic mass is 35.5. The van der Waals surface area contributed by atoms with Gasteiger partial charge in [0.25, 0.3) is 0 Å². The number of rotatable bonds is 6. The second-order valence-corrected chi connectivity index (χ2v) is 5.22. The molecule has 0 bridgehead atoms. The molecular formula is C17H19ClN2O4. The van der Waals surface area contributed by atoms with Crippen LogP contribution in [0, 0.1) is 0 Å². The van der Waals surface area contributed by atoms with Gasteiger partial charge >= 0.3 is 6.03 Å². The van der Waals surface area contributed by atoms with E-state index in [0.717, 1.165) is 5.56 Å². The number of anilines is 1. The van der Waals surface area contributed by atoms with Gasteiger partial charge in [0, 0.05) is 17.8 Å². The summed E-state index contributed by atoms with van der Waals surface area (Å²) in [5.74, 6) is 1.75. The number of nitrogens with one attached hydrogen (secondary N) is 2. The highest BCUT2D eigenvalue weighted by molar-refractivity contribution is 6.32. The lowest BCUT2D eigenvalue weighted by molar-refractivity contribution is 0.251. The molecule has 0 heterocycles. The minimum Gasteiger partial charge on any atom is -0.495 e. The zero-order valence-electron chi connectivity index (χ0n) is 13.7. The molecule has 0 aromatic heterocycles. The molecule has 2 rings (SSSR count). The van der Waals surface area contributed by atoms with Crippen LogP contribution in [0.1, 0.15) is 5.56 Å². The van der Waals surface area contributed by atoms with Crippen LogP contribution in [0.5, 0.6) is 17.2 Å². The Morgan fingerprint density at radius 2 is 1.79 bits per heavy atom. The monoisotopic (exact) mass is 350 g/mol. The SMILES string of the molecule is COc1ccc(NC(=O)NCc2cccc(OC)c2OC)cc1Cl. The van der Waals surface area contributed by atoms with E-state index in [1.807, 2.05) is 12.1 Å². The number of carbonyl (C=O) groups is 1. The summed E-state index contributed by atoms with van der Waals surface area (Å²) < 4.78 is 15.6. The third-order valence-electron chi connectivity index (χ3n) is 3.33. The lowest BCUT2D eigenvalue weighted by atomic mass is 10.2. The average Bonchev–Trinajstić information content (AvgIpc) is 2.59. The molecule has 128 valence electrons. The number of halogens is 1. The Labute approximate surface area is 145 Å². The molecule has 2 amide bonds. The molecule has 0 aliphatic heterocycles. The second-order valence-electron chi connectivity index (χ2n) is 4.81. The Morgan fingerprint density at radius 3 is 2.42 bits per heavy atom. The zero-order chi connectivity index (χ0) is 17.5. The second kappa shape index (κ2) is 8.31. The maximum absolute atomic E-state index is 12.0. The molecule has 7 heteroatoms. The smallest absolute Gasteiger partial charge is 0.319 e. The van der Waals surface area contributed by atoms with Gasteiger partial charge in [0.1, 0.15) is 5.75 Å². The molecule has 0 radical (unpaired) electrons. The molecule has 2 aromatic rings. The topological polar surface area (TPSA) is 68.8 Å². The van der Waals surface area contributed by atoms with E-state index in [4.69, 9.17) is 25.8 Å². The van der Waals surface area contributed by atoms with E-state index in [1.165, 1.54) is 7.11 Å². The summed E-state index contributed by atoms with van der Waals surface area (Å²) in [5.41, 5.74) is 1.37. The number of hydrogen-bond donors (Lipinski definition) is 2. The van der Waals surface area contributed by atoms with Crippen molar-refractivity contribution in [2.75, 3.05) is 26.6 Å². The fraction of sp³-hybridized carbons (Fsp3) is 0.235. The number of urea groups is 1. The van der Waals surface area contributed by atoms with Crippen molar-refractivity contribution in [1.82, 2.24) is 5.32 Å². The average molecular weight is 351 g/mol. The molecule has 0 fully saturated rings. The van der Waals surface area contributed by atoms with Crippen LogP contribution in [-0.2, 0) is 6.54 Å². The number of hydrogen-bond acceptors (Lipinski definition) is 4. The van der Waals surface area contributed by atoms with E-state index < -0.39 is 0 Å². The minimum absolute atomic E-state index is 0.288. The van der Waals surface area contributed by atoms with Gasteiger partial charge in [-0.3, -0.25) is 0 Å². The highest BCUT2D eigenvalue weighted by Gasteiger charge is 2.11. The summed E-state index contributed by atoms with van der Waals surface area (Å²) in [6.07, 6.45) is 0. The van der Waals surface area contributed by atoms with Crippen molar-refractivity contribution in [3.8, 4) is 17.2 Å². The van der Waals surface area contributed by atoms with Crippen molar-refractivity contribution in [2.45, 2.75) is 6.54 Å². The molecule has 0 aliphatic carbocycles. The van der Waals surface area contributed by atoms with E-state index in [0.29, 0.717) is 28.0 Å². The lowest BCUT2D eigenvalue weighted by Gasteiger charge is -2.13. The van der Waals surface area contributed by atoms with Crippen molar-refractivity contribution >= 4 is 23.3 Å². The van der Waals surface area contributed by atoms with Crippen LogP contribution in [0.3, 0.4) is 0 Å². The minimum atomic E-state index is -0.360. The number of para-hydroxylation sites is 1. The first-order valence-electron chi connectivity index (χ1n) is 7.17. The number of carbonyl (C=O) groups excluding carboxylic acids is 1. The van der Waals surface area contributed by atoms with E-state index in [2.05, 4.69) is 10.6 Å². The van der Waals surface area contributed by atoms with E-state index in [-0.39, 0.29) is 12.6 Å². The Kier molecular flexibility index (Phi) is 6.14. The fourth-order valence-corrected chi connectivity index (χ4v) is 2.45. The summed E-state index contributed by atoms with van der Waals surface area (Å²) in [6.45, 7) is 0.288. The van der Waals surface area contributed by atoms with E-state index >= 15 is 0 Å². The first-order chi connectivity index (χ1) is 11.6. The maximum Gasteiger partial charge on any atom is 0.319 e. The summed E-state index contributed by atoms with van der Waals surface area (Å²) in [4.78, 5) is 12.0. The van der Waals surface area contributed by atoms with Crippen LogP contribution >= 0.6 is 11.6 Å². The summed E-state index contributed by atoms with van der Waals surface area (Å²) >= 11 is 6.03. The molecule has 0 saturated heterocycles. The quantitative estimate of drug-likeness (QED) is 0.833. The molecular weight excluding hydrogens is 332 g/mol. The molecule has 2 aromatic carbocycles. The van der Waals surface area contributed by atoms with Gasteiger partial charge in [0.2, 0.25) is 0 Å². The standard InChI is InChI=1S/C17H19ClN2O4/c1-22-14-8-7-12(9-13(14)18)20-17(21)19-10-11-5-4-6-15(23-2)16(11)24-3/h4-9H,10H2,1-3H3,(H2,19,20,21). The lowest BCUT2D eigenvalue weighted by Crippen LogP contribution is -2.28. The van der Waals surface area contributed by atoms with E-state index in [1.54, 1.807) is 38.5 Å². The number of benzene rings is 2. The molecule has 24 heavy (non-hydrogen) atoms. The van der Waals surface area contributed by atoms with Gasteiger partial charge in [0.15, 0.2) is 11.5 Å². The summed E-state index contributed by atoms with van der Waals surface area (Å²) in [5, 5.41) is 5.89. The van der Waals surface area contributed by atoms with Crippen molar-refractivity contribution in [3.63, 3.8) is 0 Å². The number of methoxy groups -OCH3 is 3. The Morgan fingerprint density at radius 1 is 1.04 bits per heavy atom. The number of ether oxygens (including phenoxy) is 3. The third-order valence-corrected chi connectivity index (χ3v) is 3.63. The molecule has 6 nitrogen and oxygen atoms in total. The fourth-order valence-electron chi connectivity index (χ4n) is 2.19. The van der Waals surface area contributed by atoms with Crippen LogP contribution in [0.25, 0.3) is 0 Å². The van der Waals surface area contributed by atoms with Crippen molar-refractivity contribution in [3.05, 3.63) is 47.0 Å². The van der Waals surface area contributed by atoms with Gasteiger partial charge < -0.3 is 24.8 Å². The molecule has 2 N–H and O–H groups in total. The van der Waals surface area contributed by atoms with Crippen LogP contribution < -0.4 is 24.8 Å². The molecule has 0 aliphatic rings. The van der Waals surface area contributed by atoms with Crippen molar-refractivity contribution in [2.24, 2.45) is 0 Å². The Bertz CT molecular complexity index is 722. The van der Waals surface area contributed by atoms with Crippen molar-refractivity contribution < 1.29 is 19.0 Å². The first kappa shape index (κ1) is 17.7. The highest BCUT2D eigenvalue weighted by Crippen LogP contribution is 2.30. The Balaban J connectivity index is 2.00. The van der Waals surface area contributed by atoms with E-state index in [9.17, 15) is 4.79 Å². The van der Waals surface area contributed by atoms with Crippen LogP contribution in [0.2, 0.25) is 5.02 Å². The van der Waals surface area contributed by atoms with Gasteiger partial charge in [-0.25, -0.2) is 4.79 Å². The molecule has 0 saturated carbocycles. The molecule has 0 atom stereocenters. The predicted molar refractivity (Wildman–Crippen MR) is 93.4 cm³/mol. The van der Waals surface area contributed by atoms with Gasteiger partial charge in [-0.1, -0.05) is 23.7 Å². The molecule has 0 unspecified atom stereocenters.